The van der Waals surface area contributed by atoms with Crippen LogP contribution in [0.25, 0.3) is 0 Å². The minimum Gasteiger partial charge on any atom is -0.285 e. The van der Waals surface area contributed by atoms with Gasteiger partial charge in [0.1, 0.15) is 0 Å². The monoisotopic (exact) mass is 184 g/mol. The van der Waals surface area contributed by atoms with Crippen LogP contribution in [0, 0.1) is 11.7 Å². The zero-order valence-electron chi connectivity index (χ0n) is 8.16. The van der Waals surface area contributed by atoms with Gasteiger partial charge in [0.2, 0.25) is 5.69 Å². The van der Waals surface area contributed by atoms with Gasteiger partial charge in [-0.3, -0.25) is 5.21 Å². The molecule has 0 aromatic carbocycles. The van der Waals surface area contributed by atoms with Gasteiger partial charge in [-0.1, -0.05) is 20.8 Å². The molecule has 2 nitrogen and oxygen atoms in total. The predicted molar refractivity (Wildman–Crippen MR) is 47.0 cm³/mol. The van der Waals surface area contributed by atoms with Crippen molar-refractivity contribution in [2.75, 3.05) is 0 Å². The summed E-state index contributed by atoms with van der Waals surface area (Å²) in [5, 5.41) is 9.39. The highest BCUT2D eigenvalue weighted by Gasteiger charge is 2.21. The van der Waals surface area contributed by atoms with Crippen molar-refractivity contribution in [2.24, 2.45) is 5.92 Å². The smallest absolute Gasteiger partial charge is 0.258 e. The summed E-state index contributed by atoms with van der Waals surface area (Å²) < 4.78 is 13.5. The summed E-state index contributed by atoms with van der Waals surface area (Å²) in [5.41, 5.74) is 0.733. The molecule has 13 heavy (non-hydrogen) atoms. The number of hydrogen-bond acceptors (Lipinski definition) is 1. The molecule has 72 valence electrons. The summed E-state index contributed by atoms with van der Waals surface area (Å²) in [5.74, 6) is 0.205. The third-order valence-electron chi connectivity index (χ3n) is 2.39. The van der Waals surface area contributed by atoms with Crippen molar-refractivity contribution in [3.8, 4) is 0 Å². The number of halogens is 1. The van der Waals surface area contributed by atoms with E-state index in [1.807, 2.05) is 6.92 Å². The molecule has 3 heteroatoms. The van der Waals surface area contributed by atoms with E-state index >= 15 is 0 Å². The van der Waals surface area contributed by atoms with Crippen LogP contribution in [-0.2, 0) is 0 Å². The molecule has 1 aromatic heterocycles. The Bertz CT molecular complexity index is 299. The molecule has 0 unspecified atom stereocenters. The lowest BCUT2D eigenvalue weighted by atomic mass is 9.94. The zero-order chi connectivity index (χ0) is 10.0. The van der Waals surface area contributed by atoms with Gasteiger partial charge in [-0.15, -0.1) is 0 Å². The van der Waals surface area contributed by atoms with E-state index in [9.17, 15) is 9.60 Å². The first-order valence-corrected chi connectivity index (χ1v) is 4.42. The third kappa shape index (κ3) is 2.17. The zero-order valence-corrected chi connectivity index (χ0v) is 8.16. The van der Waals surface area contributed by atoms with Crippen LogP contribution in [0.4, 0.5) is 4.39 Å². The van der Waals surface area contributed by atoms with Gasteiger partial charge in [-0.05, 0) is 12.0 Å². The minimum absolute atomic E-state index is 0.214. The summed E-state index contributed by atoms with van der Waals surface area (Å²) >= 11 is 0. The number of hydrogen-bond donors (Lipinski definition) is 1. The maximum absolute atomic E-state index is 12.6. The molecule has 0 saturated heterocycles. The quantitative estimate of drug-likeness (QED) is 0.552. The summed E-state index contributed by atoms with van der Waals surface area (Å²) in [4.78, 5) is 0. The number of nitrogens with zero attached hydrogens (tertiary/aromatic N) is 1. The molecular weight excluding hydrogens is 169 g/mol. The Kier molecular flexibility index (Phi) is 2.86. The van der Waals surface area contributed by atoms with Crippen LogP contribution >= 0.6 is 0 Å². The minimum atomic E-state index is -0.429. The number of rotatable bonds is 2. The Balaban J connectivity index is 3.01. The van der Waals surface area contributed by atoms with Gasteiger partial charge in [-0.2, -0.15) is 0 Å². The van der Waals surface area contributed by atoms with E-state index in [0.29, 0.717) is 5.92 Å². The van der Waals surface area contributed by atoms with Gasteiger partial charge in [0.25, 0.3) is 6.20 Å². The van der Waals surface area contributed by atoms with Crippen LogP contribution in [0.5, 0.6) is 0 Å². The maximum atomic E-state index is 12.6. The van der Waals surface area contributed by atoms with Crippen molar-refractivity contribution < 1.29 is 14.3 Å². The second kappa shape index (κ2) is 3.73. The van der Waals surface area contributed by atoms with E-state index in [0.717, 1.165) is 16.6 Å². The van der Waals surface area contributed by atoms with E-state index in [2.05, 4.69) is 13.8 Å². The number of aromatic nitrogens is 1. The number of pyridine rings is 1. The lowest BCUT2D eigenvalue weighted by Gasteiger charge is -2.10. The molecule has 0 bridgehead atoms. The second-order valence-electron chi connectivity index (χ2n) is 3.65. The van der Waals surface area contributed by atoms with E-state index in [4.69, 9.17) is 0 Å². The van der Waals surface area contributed by atoms with Gasteiger partial charge < -0.3 is 0 Å². The second-order valence-corrected chi connectivity index (χ2v) is 3.65. The van der Waals surface area contributed by atoms with Crippen molar-refractivity contribution in [2.45, 2.75) is 26.7 Å². The standard InChI is InChI=1S/C10H15FNO/c1-7(2)8(3)10-5-4-9(11)6-12(10)13/h4-8,13H,1-3H3/q+1/t8-/m0/s1. The van der Waals surface area contributed by atoms with Crippen LogP contribution in [0.3, 0.4) is 0 Å². The van der Waals surface area contributed by atoms with Gasteiger partial charge in [0.15, 0.2) is 5.82 Å². The Hall–Kier alpha value is -1.12. The molecule has 1 rings (SSSR count). The summed E-state index contributed by atoms with van der Waals surface area (Å²) in [7, 11) is 0. The average Bonchev–Trinajstić information content (AvgIpc) is 2.03. The fourth-order valence-corrected chi connectivity index (χ4v) is 1.18. The van der Waals surface area contributed by atoms with Crippen molar-refractivity contribution in [1.29, 1.82) is 0 Å². The largest absolute Gasteiger partial charge is 0.285 e. The molecule has 1 heterocycles. The molecule has 1 aromatic rings. The Morgan fingerprint density at radius 2 is 1.92 bits per heavy atom. The van der Waals surface area contributed by atoms with Crippen molar-refractivity contribution >= 4 is 0 Å². The molecule has 0 saturated carbocycles. The topological polar surface area (TPSA) is 24.1 Å². The lowest BCUT2D eigenvalue weighted by Crippen LogP contribution is -2.37. The molecule has 0 aliphatic rings. The fraction of sp³-hybridized carbons (Fsp3) is 0.500. The van der Waals surface area contributed by atoms with Gasteiger partial charge in [-0.25, -0.2) is 4.39 Å². The van der Waals surface area contributed by atoms with E-state index in [1.165, 1.54) is 6.07 Å². The van der Waals surface area contributed by atoms with Crippen LogP contribution < -0.4 is 4.73 Å². The highest BCUT2D eigenvalue weighted by molar-refractivity contribution is 5.04. The molecule has 0 aliphatic heterocycles. The Labute approximate surface area is 77.6 Å². The molecule has 0 spiro atoms. The predicted octanol–water partition coefficient (Wildman–Crippen LogP) is 2.11. The maximum Gasteiger partial charge on any atom is 0.258 e. The first-order valence-electron chi connectivity index (χ1n) is 4.42. The Morgan fingerprint density at radius 3 is 2.38 bits per heavy atom. The first-order chi connectivity index (χ1) is 6.02. The highest BCUT2D eigenvalue weighted by Crippen LogP contribution is 2.20. The third-order valence-corrected chi connectivity index (χ3v) is 2.39. The first kappa shape index (κ1) is 9.96. The fourth-order valence-electron chi connectivity index (χ4n) is 1.18. The van der Waals surface area contributed by atoms with E-state index in [1.54, 1.807) is 6.07 Å². The SMILES string of the molecule is CC(C)[C@H](C)c1ccc(F)c[n+]1O. The molecule has 0 radical (unpaired) electrons. The van der Waals surface area contributed by atoms with E-state index < -0.39 is 5.82 Å². The van der Waals surface area contributed by atoms with Crippen molar-refractivity contribution in [3.63, 3.8) is 0 Å². The Morgan fingerprint density at radius 1 is 1.31 bits per heavy atom. The van der Waals surface area contributed by atoms with E-state index in [-0.39, 0.29) is 5.92 Å². The molecule has 0 aliphatic carbocycles. The summed E-state index contributed by atoms with van der Waals surface area (Å²) in [6.07, 6.45) is 1.08. The molecule has 1 N–H and O–H groups in total. The summed E-state index contributed by atoms with van der Waals surface area (Å²) in [6.45, 7) is 6.13. The van der Waals surface area contributed by atoms with Crippen LogP contribution in [0.1, 0.15) is 32.4 Å². The van der Waals surface area contributed by atoms with Gasteiger partial charge >= 0.3 is 0 Å². The normalized spacial score (nSPS) is 13.3. The average molecular weight is 184 g/mol. The van der Waals surface area contributed by atoms with Gasteiger partial charge in [0, 0.05) is 16.7 Å². The van der Waals surface area contributed by atoms with Crippen LogP contribution in [0.15, 0.2) is 18.3 Å². The molecule has 1 atom stereocenters. The molecular formula is C10H15FNO+. The van der Waals surface area contributed by atoms with Crippen LogP contribution in [-0.4, -0.2) is 5.21 Å². The van der Waals surface area contributed by atoms with Crippen molar-refractivity contribution in [1.82, 2.24) is 0 Å². The molecule has 0 amide bonds. The van der Waals surface area contributed by atoms with Crippen LogP contribution in [0.2, 0.25) is 0 Å². The van der Waals surface area contributed by atoms with Gasteiger partial charge in [0.05, 0.1) is 0 Å². The highest BCUT2D eigenvalue weighted by atomic mass is 19.1. The van der Waals surface area contributed by atoms with Crippen molar-refractivity contribution in [3.05, 3.63) is 29.8 Å². The molecule has 0 fully saturated rings. The summed E-state index contributed by atoms with van der Waals surface area (Å²) in [6, 6.07) is 2.97. The lowest BCUT2D eigenvalue weighted by molar-refractivity contribution is -0.911.